The Hall–Kier alpha value is -1.85. The van der Waals surface area contributed by atoms with Gasteiger partial charge in [0, 0.05) is 24.9 Å². The van der Waals surface area contributed by atoms with Crippen molar-refractivity contribution < 1.29 is 13.2 Å². The molecule has 0 aliphatic rings. The Bertz CT molecular complexity index is 709. The Morgan fingerprint density at radius 2 is 1.73 bits per heavy atom. The zero-order valence-electron chi connectivity index (χ0n) is 12.9. The van der Waals surface area contributed by atoms with Gasteiger partial charge in [0.2, 0.25) is 0 Å². The van der Waals surface area contributed by atoms with Crippen molar-refractivity contribution in [3.8, 4) is 16.9 Å². The van der Waals surface area contributed by atoms with Gasteiger partial charge >= 0.3 is 0 Å². The molecule has 2 rings (SSSR count). The number of hydrogen-bond donors (Lipinski definition) is 1. The first-order valence-electron chi connectivity index (χ1n) is 7.10. The van der Waals surface area contributed by atoms with E-state index in [0.29, 0.717) is 13.1 Å². The van der Waals surface area contributed by atoms with Gasteiger partial charge in [0.1, 0.15) is 15.6 Å². The summed E-state index contributed by atoms with van der Waals surface area (Å²) in [5.41, 5.74) is 3.27. The molecule has 2 aromatic carbocycles. The first kappa shape index (κ1) is 16.5. The van der Waals surface area contributed by atoms with Crippen LogP contribution in [0.4, 0.5) is 0 Å². The highest BCUT2D eigenvalue weighted by Crippen LogP contribution is 2.29. The first-order valence-corrected chi connectivity index (χ1v) is 9.16. The number of ether oxygens (including phenoxy) is 1. The highest BCUT2D eigenvalue weighted by atomic mass is 32.2. The number of nitrogens with one attached hydrogen (secondary N) is 1. The van der Waals surface area contributed by atoms with Crippen LogP contribution >= 0.6 is 0 Å². The SMILES string of the molecule is COc1ccccc1-c1ccc(CNCCS(C)(=O)=O)cc1. The normalized spacial score (nSPS) is 11.4. The van der Waals surface area contributed by atoms with Gasteiger partial charge in [-0.1, -0.05) is 42.5 Å². The van der Waals surface area contributed by atoms with Crippen molar-refractivity contribution in [2.45, 2.75) is 6.54 Å². The van der Waals surface area contributed by atoms with E-state index in [1.807, 2.05) is 48.5 Å². The molecule has 0 amide bonds. The van der Waals surface area contributed by atoms with E-state index >= 15 is 0 Å². The maximum atomic E-state index is 11.1. The Kier molecular flexibility index (Phi) is 5.57. The van der Waals surface area contributed by atoms with E-state index in [1.54, 1.807) is 7.11 Å². The van der Waals surface area contributed by atoms with Gasteiger partial charge < -0.3 is 10.1 Å². The summed E-state index contributed by atoms with van der Waals surface area (Å²) in [6, 6.07) is 16.1. The Labute approximate surface area is 132 Å². The largest absolute Gasteiger partial charge is 0.496 e. The minimum atomic E-state index is -2.91. The molecule has 0 saturated heterocycles. The lowest BCUT2D eigenvalue weighted by Crippen LogP contribution is -2.21. The van der Waals surface area contributed by atoms with E-state index in [4.69, 9.17) is 4.74 Å². The molecule has 5 heteroatoms. The molecule has 0 atom stereocenters. The monoisotopic (exact) mass is 319 g/mol. The summed E-state index contributed by atoms with van der Waals surface area (Å²) in [5, 5.41) is 3.14. The van der Waals surface area contributed by atoms with Crippen molar-refractivity contribution in [3.05, 3.63) is 54.1 Å². The molecule has 0 saturated carbocycles. The van der Waals surface area contributed by atoms with Crippen LogP contribution in [0.2, 0.25) is 0 Å². The van der Waals surface area contributed by atoms with Crippen molar-refractivity contribution in [2.24, 2.45) is 0 Å². The van der Waals surface area contributed by atoms with Gasteiger partial charge in [-0.2, -0.15) is 0 Å². The number of benzene rings is 2. The molecule has 0 aromatic heterocycles. The van der Waals surface area contributed by atoms with Crippen LogP contribution in [-0.2, 0) is 16.4 Å². The predicted octanol–water partition coefficient (Wildman–Crippen LogP) is 2.50. The number of para-hydroxylation sites is 1. The lowest BCUT2D eigenvalue weighted by atomic mass is 10.0. The topological polar surface area (TPSA) is 55.4 Å². The standard InChI is InChI=1S/C17H21NO3S/c1-21-17-6-4-3-5-16(17)15-9-7-14(8-10-15)13-18-11-12-22(2,19)20/h3-10,18H,11-13H2,1-2H3. The number of rotatable bonds is 7. The Morgan fingerprint density at radius 1 is 1.05 bits per heavy atom. The molecule has 0 unspecified atom stereocenters. The third-order valence-electron chi connectivity index (χ3n) is 3.35. The predicted molar refractivity (Wildman–Crippen MR) is 89.8 cm³/mol. The lowest BCUT2D eigenvalue weighted by molar-refractivity contribution is 0.416. The van der Waals surface area contributed by atoms with Crippen LogP contribution in [0.1, 0.15) is 5.56 Å². The average molecular weight is 319 g/mol. The molecule has 0 bridgehead atoms. The number of hydrogen-bond acceptors (Lipinski definition) is 4. The zero-order valence-corrected chi connectivity index (χ0v) is 13.7. The maximum Gasteiger partial charge on any atom is 0.148 e. The van der Waals surface area contributed by atoms with Gasteiger partial charge in [-0.3, -0.25) is 0 Å². The molecular formula is C17H21NO3S. The highest BCUT2D eigenvalue weighted by Gasteiger charge is 2.05. The maximum absolute atomic E-state index is 11.1. The van der Waals surface area contributed by atoms with Crippen LogP contribution in [0.15, 0.2) is 48.5 Å². The molecule has 2 aromatic rings. The van der Waals surface area contributed by atoms with Crippen molar-refractivity contribution in [3.63, 3.8) is 0 Å². The zero-order chi connectivity index (χ0) is 16.0. The fourth-order valence-corrected chi connectivity index (χ4v) is 2.69. The Balaban J connectivity index is 1.98. The smallest absolute Gasteiger partial charge is 0.148 e. The molecule has 0 aliphatic carbocycles. The molecule has 4 nitrogen and oxygen atoms in total. The summed E-state index contributed by atoms with van der Waals surface area (Å²) in [7, 11) is -1.24. The second-order valence-electron chi connectivity index (χ2n) is 5.20. The van der Waals surface area contributed by atoms with E-state index < -0.39 is 9.84 Å². The molecule has 22 heavy (non-hydrogen) atoms. The van der Waals surface area contributed by atoms with Gasteiger partial charge in [-0.15, -0.1) is 0 Å². The minimum absolute atomic E-state index is 0.159. The summed E-state index contributed by atoms with van der Waals surface area (Å²) in [4.78, 5) is 0. The fraction of sp³-hybridized carbons (Fsp3) is 0.294. The Morgan fingerprint density at radius 3 is 2.36 bits per heavy atom. The summed E-state index contributed by atoms with van der Waals surface area (Å²) in [5.74, 6) is 1.01. The molecule has 0 aliphatic heterocycles. The molecular weight excluding hydrogens is 298 g/mol. The molecule has 118 valence electrons. The van der Waals surface area contributed by atoms with Gasteiger partial charge in [0.05, 0.1) is 12.9 Å². The lowest BCUT2D eigenvalue weighted by Gasteiger charge is -2.09. The minimum Gasteiger partial charge on any atom is -0.496 e. The number of methoxy groups -OCH3 is 1. The van der Waals surface area contributed by atoms with Crippen LogP contribution in [0, 0.1) is 0 Å². The van der Waals surface area contributed by atoms with Crippen LogP contribution in [0.5, 0.6) is 5.75 Å². The molecule has 0 heterocycles. The van der Waals surface area contributed by atoms with Crippen molar-refractivity contribution in [2.75, 3.05) is 25.7 Å². The number of sulfone groups is 1. The van der Waals surface area contributed by atoms with Crippen molar-refractivity contribution >= 4 is 9.84 Å². The van der Waals surface area contributed by atoms with Crippen LogP contribution < -0.4 is 10.1 Å². The third kappa shape index (κ3) is 4.86. The van der Waals surface area contributed by atoms with E-state index in [1.165, 1.54) is 6.26 Å². The molecule has 0 fully saturated rings. The summed E-state index contributed by atoms with van der Waals surface area (Å²) < 4.78 is 27.5. The van der Waals surface area contributed by atoms with Crippen LogP contribution in [-0.4, -0.2) is 34.1 Å². The summed E-state index contributed by atoms with van der Waals surface area (Å²) in [6.45, 7) is 1.12. The van der Waals surface area contributed by atoms with Crippen LogP contribution in [0.3, 0.4) is 0 Å². The fourth-order valence-electron chi connectivity index (χ4n) is 2.18. The molecule has 1 N–H and O–H groups in total. The van der Waals surface area contributed by atoms with Crippen LogP contribution in [0.25, 0.3) is 11.1 Å². The van der Waals surface area contributed by atoms with E-state index in [9.17, 15) is 8.42 Å². The van der Waals surface area contributed by atoms with Gasteiger partial charge in [-0.25, -0.2) is 8.42 Å². The van der Waals surface area contributed by atoms with Gasteiger partial charge in [0.15, 0.2) is 0 Å². The summed E-state index contributed by atoms with van der Waals surface area (Å²) >= 11 is 0. The van der Waals surface area contributed by atoms with E-state index in [2.05, 4.69) is 5.32 Å². The second-order valence-corrected chi connectivity index (χ2v) is 7.46. The second kappa shape index (κ2) is 7.42. The van der Waals surface area contributed by atoms with E-state index in [-0.39, 0.29) is 5.75 Å². The molecule has 0 radical (unpaired) electrons. The first-order chi connectivity index (χ1) is 10.5. The van der Waals surface area contributed by atoms with Gasteiger partial charge in [0.25, 0.3) is 0 Å². The molecule has 0 spiro atoms. The quantitative estimate of drug-likeness (QED) is 0.797. The van der Waals surface area contributed by atoms with Crippen molar-refractivity contribution in [1.82, 2.24) is 5.32 Å². The van der Waals surface area contributed by atoms with Gasteiger partial charge in [-0.05, 0) is 17.2 Å². The third-order valence-corrected chi connectivity index (χ3v) is 4.30. The van der Waals surface area contributed by atoms with E-state index in [0.717, 1.165) is 22.4 Å². The average Bonchev–Trinajstić information content (AvgIpc) is 2.51. The highest BCUT2D eigenvalue weighted by molar-refractivity contribution is 7.90. The van der Waals surface area contributed by atoms with Crippen molar-refractivity contribution in [1.29, 1.82) is 0 Å². The summed E-state index contributed by atoms with van der Waals surface area (Å²) in [6.07, 6.45) is 1.25.